The number of anilines is 1. The summed E-state index contributed by atoms with van der Waals surface area (Å²) in [5.41, 5.74) is 6.04. The predicted molar refractivity (Wildman–Crippen MR) is 186 cm³/mol. The summed E-state index contributed by atoms with van der Waals surface area (Å²) in [4.78, 5) is 84.9. The molecule has 294 valence electrons. The van der Waals surface area contributed by atoms with Crippen LogP contribution >= 0.6 is 0 Å². The number of hydrogen-bond donors (Lipinski definition) is 6. The maximum Gasteiger partial charge on any atom is 0.407 e. The molecular formula is C35H49F3N6O9. The summed E-state index contributed by atoms with van der Waals surface area (Å²) in [6, 6.07) is 2.22. The summed E-state index contributed by atoms with van der Waals surface area (Å²) in [7, 11) is 0. The minimum Gasteiger partial charge on any atom is -0.481 e. The summed E-state index contributed by atoms with van der Waals surface area (Å²) >= 11 is 0. The number of halogens is 3. The molecule has 6 amide bonds. The maximum atomic E-state index is 14.1. The molecule has 0 saturated carbocycles. The van der Waals surface area contributed by atoms with Crippen LogP contribution in [-0.4, -0.2) is 89.5 Å². The van der Waals surface area contributed by atoms with Gasteiger partial charge in [0.1, 0.15) is 12.6 Å². The molecule has 1 aliphatic rings. The number of aliphatic carboxylic acids is 1. The third-order valence-corrected chi connectivity index (χ3v) is 8.34. The number of Topliss-reactive ketones (excluding diaryl/α,β-unsaturated/α-hetero) is 1. The minimum atomic E-state index is -4.68. The number of alkyl carbamates (subject to hydrolysis) is 1. The molecular weight excluding hydrogens is 705 g/mol. The lowest BCUT2D eigenvalue weighted by molar-refractivity contribution is -0.161. The number of imide groups is 1. The highest BCUT2D eigenvalue weighted by atomic mass is 19.4. The van der Waals surface area contributed by atoms with Gasteiger partial charge < -0.3 is 31.5 Å². The average Bonchev–Trinajstić information content (AvgIpc) is 3.40. The molecule has 0 aliphatic carbocycles. The number of nitrogens with zero attached hydrogens (tertiary/aromatic N) is 1. The number of alkyl halides is 3. The van der Waals surface area contributed by atoms with E-state index in [1.54, 1.807) is 38.1 Å². The molecule has 0 bridgehead atoms. The number of unbranched alkanes of at least 4 members (excludes halogenated alkanes) is 2. The summed E-state index contributed by atoms with van der Waals surface area (Å²) < 4.78 is 47.5. The number of ketones is 1. The van der Waals surface area contributed by atoms with Crippen LogP contribution in [0.25, 0.3) is 0 Å². The Kier molecular flexibility index (Phi) is 18.5. The molecule has 0 saturated heterocycles. The molecule has 53 heavy (non-hydrogen) atoms. The van der Waals surface area contributed by atoms with Crippen LogP contribution in [0.2, 0.25) is 0 Å². The van der Waals surface area contributed by atoms with Crippen LogP contribution in [0.1, 0.15) is 77.2 Å². The summed E-state index contributed by atoms with van der Waals surface area (Å²) in [5.74, 6) is -4.60. The van der Waals surface area contributed by atoms with Gasteiger partial charge in [-0.2, -0.15) is 13.2 Å². The summed E-state index contributed by atoms with van der Waals surface area (Å²) in [6.45, 7) is 3.42. The third-order valence-electron chi connectivity index (χ3n) is 8.34. The SMILES string of the molecule is CC(C)[C@H](N[C@@H](CCCCCN1C(=O)C=CC1=O)C(F)(F)F)C(=O)C[C@@H](CCCNC(N)=O)C(=O)Nc1ccc(COC(=O)NCCCC(=O)O)cc1. The monoisotopic (exact) mass is 754 g/mol. The number of carbonyl (C=O) groups is 7. The minimum absolute atomic E-state index is 0.0937. The molecule has 3 atom stereocenters. The van der Waals surface area contributed by atoms with E-state index in [0.29, 0.717) is 24.1 Å². The molecule has 7 N–H and O–H groups in total. The zero-order valence-corrected chi connectivity index (χ0v) is 29.8. The van der Waals surface area contributed by atoms with Gasteiger partial charge in [-0.25, -0.2) is 9.59 Å². The van der Waals surface area contributed by atoms with Crippen molar-refractivity contribution in [1.82, 2.24) is 20.9 Å². The Labute approximate surface area is 305 Å². The number of amides is 6. The van der Waals surface area contributed by atoms with Gasteiger partial charge >= 0.3 is 24.3 Å². The van der Waals surface area contributed by atoms with Crippen molar-refractivity contribution in [2.45, 2.75) is 96.5 Å². The number of carbonyl (C=O) groups excluding carboxylic acids is 6. The number of carboxylic acids is 1. The first-order chi connectivity index (χ1) is 25.0. The number of benzene rings is 1. The van der Waals surface area contributed by atoms with E-state index in [0.717, 1.165) is 17.1 Å². The van der Waals surface area contributed by atoms with E-state index in [2.05, 4.69) is 21.3 Å². The quantitative estimate of drug-likeness (QED) is 0.0662. The lowest BCUT2D eigenvalue weighted by Crippen LogP contribution is -2.52. The molecule has 1 aromatic carbocycles. The Morgan fingerprint density at radius 1 is 0.887 bits per heavy atom. The third kappa shape index (κ3) is 16.9. The molecule has 1 aromatic rings. The lowest BCUT2D eigenvalue weighted by Gasteiger charge is -2.30. The number of hydrogen-bond acceptors (Lipinski definition) is 9. The molecule has 15 nitrogen and oxygen atoms in total. The lowest BCUT2D eigenvalue weighted by atomic mass is 9.88. The molecule has 0 fully saturated rings. The Morgan fingerprint density at radius 2 is 1.53 bits per heavy atom. The van der Waals surface area contributed by atoms with E-state index in [-0.39, 0.29) is 71.2 Å². The van der Waals surface area contributed by atoms with Gasteiger partial charge in [0, 0.05) is 56.2 Å². The molecule has 0 radical (unpaired) electrons. The van der Waals surface area contributed by atoms with Crippen molar-refractivity contribution in [1.29, 1.82) is 0 Å². The fourth-order valence-electron chi connectivity index (χ4n) is 5.48. The van der Waals surface area contributed by atoms with E-state index in [1.807, 2.05) is 0 Å². The van der Waals surface area contributed by atoms with Crippen LogP contribution in [0.3, 0.4) is 0 Å². The number of nitrogens with one attached hydrogen (secondary N) is 4. The van der Waals surface area contributed by atoms with E-state index in [4.69, 9.17) is 15.6 Å². The van der Waals surface area contributed by atoms with Gasteiger partial charge in [-0.1, -0.05) is 38.8 Å². The number of ether oxygens (including phenoxy) is 1. The van der Waals surface area contributed by atoms with Crippen molar-refractivity contribution >= 4 is 47.3 Å². The zero-order chi connectivity index (χ0) is 39.6. The van der Waals surface area contributed by atoms with Crippen molar-refractivity contribution in [3.05, 3.63) is 42.0 Å². The standard InChI is InChI=1S/C35H49F3N6O9/c1-22(2)31(43-27(35(36,37)38)9-4-3-5-19-44-28(46)15-16-29(44)47)26(45)20-24(8-6-17-40-33(39)51)32(50)42-25-13-11-23(12-14-25)21-53-34(52)41-18-7-10-30(48)49/h11-16,22,24,27,31,43H,3-10,17-21H2,1-2H3,(H,41,52)(H,42,50)(H,48,49)(H3,39,40,51)/t24-,27+,31+/m1/s1. The van der Waals surface area contributed by atoms with Crippen molar-refractivity contribution in [3.63, 3.8) is 0 Å². The topological polar surface area (TPSA) is 226 Å². The Hall–Kier alpha value is -5.00. The van der Waals surface area contributed by atoms with E-state index in [1.165, 1.54) is 0 Å². The number of urea groups is 1. The molecule has 18 heteroatoms. The average molecular weight is 755 g/mol. The highest BCUT2D eigenvalue weighted by Crippen LogP contribution is 2.27. The second-order valence-corrected chi connectivity index (χ2v) is 13.0. The highest BCUT2D eigenvalue weighted by molar-refractivity contribution is 6.12. The summed E-state index contributed by atoms with van der Waals surface area (Å²) in [5, 5.41) is 18.7. The van der Waals surface area contributed by atoms with Gasteiger partial charge in [0.2, 0.25) is 5.91 Å². The Balaban J connectivity index is 2.02. The Morgan fingerprint density at radius 3 is 2.11 bits per heavy atom. The summed E-state index contributed by atoms with van der Waals surface area (Å²) in [6.07, 6.45) is -2.62. The Bertz CT molecular complexity index is 1440. The largest absolute Gasteiger partial charge is 0.481 e. The smallest absolute Gasteiger partial charge is 0.407 e. The second-order valence-electron chi connectivity index (χ2n) is 13.0. The van der Waals surface area contributed by atoms with Gasteiger partial charge in [-0.3, -0.25) is 34.2 Å². The van der Waals surface area contributed by atoms with Gasteiger partial charge in [-0.05, 0) is 55.7 Å². The van der Waals surface area contributed by atoms with Crippen molar-refractivity contribution < 1.29 is 56.6 Å². The predicted octanol–water partition coefficient (Wildman–Crippen LogP) is 3.77. The van der Waals surface area contributed by atoms with E-state index < -0.39 is 71.7 Å². The van der Waals surface area contributed by atoms with Crippen molar-refractivity contribution in [3.8, 4) is 0 Å². The van der Waals surface area contributed by atoms with Crippen LogP contribution in [0, 0.1) is 11.8 Å². The number of rotatable bonds is 24. The molecule has 0 aromatic heterocycles. The van der Waals surface area contributed by atoms with Crippen LogP contribution in [0.5, 0.6) is 0 Å². The second kappa shape index (κ2) is 22.2. The molecule has 0 unspecified atom stereocenters. The molecule has 1 aliphatic heterocycles. The van der Waals surface area contributed by atoms with Gasteiger partial charge in [0.15, 0.2) is 5.78 Å². The van der Waals surface area contributed by atoms with E-state index in [9.17, 15) is 46.7 Å². The van der Waals surface area contributed by atoms with Gasteiger partial charge in [-0.15, -0.1) is 0 Å². The van der Waals surface area contributed by atoms with Crippen molar-refractivity contribution in [2.75, 3.05) is 25.0 Å². The molecule has 0 spiro atoms. The number of carboxylic acid groups (broad SMARTS) is 1. The van der Waals surface area contributed by atoms with Crippen LogP contribution in [0.15, 0.2) is 36.4 Å². The van der Waals surface area contributed by atoms with E-state index >= 15 is 0 Å². The first-order valence-corrected chi connectivity index (χ1v) is 17.4. The zero-order valence-electron chi connectivity index (χ0n) is 29.8. The number of primary amides is 1. The first kappa shape index (κ1) is 44.2. The first-order valence-electron chi connectivity index (χ1n) is 17.4. The number of nitrogens with two attached hydrogens (primary N) is 1. The molecule has 2 rings (SSSR count). The van der Waals surface area contributed by atoms with Crippen LogP contribution < -0.4 is 27.0 Å². The van der Waals surface area contributed by atoms with Gasteiger partial charge in [0.05, 0.1) is 6.04 Å². The maximum absolute atomic E-state index is 14.1. The van der Waals surface area contributed by atoms with Crippen LogP contribution in [-0.2, 0) is 35.3 Å². The van der Waals surface area contributed by atoms with Gasteiger partial charge in [0.25, 0.3) is 11.8 Å². The van der Waals surface area contributed by atoms with Crippen molar-refractivity contribution in [2.24, 2.45) is 17.6 Å². The normalized spacial score (nSPS) is 14.5. The molecule has 1 heterocycles. The van der Waals surface area contributed by atoms with Crippen LogP contribution in [0.4, 0.5) is 28.4 Å². The fourth-order valence-corrected chi connectivity index (χ4v) is 5.48. The fraction of sp³-hybridized carbons (Fsp3) is 0.571. The highest BCUT2D eigenvalue weighted by Gasteiger charge is 2.42.